The van der Waals surface area contributed by atoms with Gasteiger partial charge in [0.25, 0.3) is 0 Å². The van der Waals surface area contributed by atoms with Crippen LogP contribution < -0.4 is 5.32 Å². The summed E-state index contributed by atoms with van der Waals surface area (Å²) in [4.78, 5) is 29.8. The van der Waals surface area contributed by atoms with Crippen molar-refractivity contribution in [2.75, 3.05) is 0 Å². The molecule has 0 saturated carbocycles. The summed E-state index contributed by atoms with van der Waals surface area (Å²) >= 11 is 0. The minimum Gasteiger partial charge on any atom is -0.352 e. The van der Waals surface area contributed by atoms with E-state index in [2.05, 4.69) is 5.32 Å². The standard InChI is InChI=1S/C35H37FN2O2/c1-3-26(2)37-35(40)33(23-27-13-7-4-8-14-27)38(25-28-19-21-31(36)22-20-28)34(39)24-32(29-15-9-5-10-16-29)30-17-11-6-12-18-30/h4-22,26,32-33H,3,23-25H2,1-2H3,(H,37,40)/t26-,33-/m1/s1. The average molecular weight is 537 g/mol. The number of halogens is 1. The van der Waals surface area contributed by atoms with Crippen LogP contribution in [0.2, 0.25) is 0 Å². The van der Waals surface area contributed by atoms with Gasteiger partial charge in [0.15, 0.2) is 0 Å². The van der Waals surface area contributed by atoms with E-state index in [1.807, 2.05) is 105 Å². The summed E-state index contributed by atoms with van der Waals surface area (Å²) < 4.78 is 13.7. The van der Waals surface area contributed by atoms with E-state index in [9.17, 15) is 14.0 Å². The van der Waals surface area contributed by atoms with E-state index < -0.39 is 6.04 Å². The molecule has 0 aliphatic rings. The van der Waals surface area contributed by atoms with Gasteiger partial charge in [-0.25, -0.2) is 4.39 Å². The van der Waals surface area contributed by atoms with Crippen LogP contribution in [-0.2, 0) is 22.6 Å². The highest BCUT2D eigenvalue weighted by Crippen LogP contribution is 2.30. The Labute approximate surface area is 236 Å². The fraction of sp³-hybridized carbons (Fsp3) is 0.257. The van der Waals surface area contributed by atoms with Crippen LogP contribution in [0.15, 0.2) is 115 Å². The predicted molar refractivity (Wildman–Crippen MR) is 158 cm³/mol. The Bertz CT molecular complexity index is 1310. The molecule has 0 saturated heterocycles. The van der Waals surface area contributed by atoms with Gasteiger partial charge in [0.2, 0.25) is 11.8 Å². The molecule has 206 valence electrons. The molecule has 4 nitrogen and oxygen atoms in total. The van der Waals surface area contributed by atoms with Gasteiger partial charge in [-0.15, -0.1) is 0 Å². The van der Waals surface area contributed by atoms with Crippen LogP contribution in [0.3, 0.4) is 0 Å². The lowest BCUT2D eigenvalue weighted by molar-refractivity contribution is -0.141. The lowest BCUT2D eigenvalue weighted by Crippen LogP contribution is -2.52. The number of hydrogen-bond acceptors (Lipinski definition) is 2. The van der Waals surface area contributed by atoms with Gasteiger partial charge in [-0.05, 0) is 47.7 Å². The molecule has 0 heterocycles. The second-order valence-electron chi connectivity index (χ2n) is 10.2. The Hall–Kier alpha value is -4.25. The Kier molecular flexibility index (Phi) is 10.2. The summed E-state index contributed by atoms with van der Waals surface area (Å²) in [6.45, 7) is 4.17. The molecule has 5 heteroatoms. The van der Waals surface area contributed by atoms with Gasteiger partial charge in [0, 0.05) is 31.3 Å². The number of nitrogens with one attached hydrogen (secondary N) is 1. The molecule has 0 aromatic heterocycles. The molecule has 0 aliphatic carbocycles. The van der Waals surface area contributed by atoms with Crippen LogP contribution in [0, 0.1) is 5.82 Å². The first-order valence-electron chi connectivity index (χ1n) is 13.9. The highest BCUT2D eigenvalue weighted by Gasteiger charge is 2.32. The van der Waals surface area contributed by atoms with Gasteiger partial charge in [0.05, 0.1) is 0 Å². The fourth-order valence-corrected chi connectivity index (χ4v) is 4.87. The molecule has 4 aromatic rings. The molecular formula is C35H37FN2O2. The summed E-state index contributed by atoms with van der Waals surface area (Å²) in [5.41, 5.74) is 3.80. The minimum absolute atomic E-state index is 0.0325. The smallest absolute Gasteiger partial charge is 0.243 e. The van der Waals surface area contributed by atoms with Crippen molar-refractivity contribution in [1.29, 1.82) is 0 Å². The molecule has 40 heavy (non-hydrogen) atoms. The lowest BCUT2D eigenvalue weighted by atomic mass is 9.87. The van der Waals surface area contributed by atoms with Gasteiger partial charge < -0.3 is 10.2 Å². The predicted octanol–water partition coefficient (Wildman–Crippen LogP) is 6.90. The Morgan fingerprint density at radius 2 is 1.27 bits per heavy atom. The normalized spacial score (nSPS) is 12.5. The van der Waals surface area contributed by atoms with Crippen molar-refractivity contribution in [3.05, 3.63) is 143 Å². The first kappa shape index (κ1) is 28.8. The van der Waals surface area contributed by atoms with Crippen LogP contribution in [0.25, 0.3) is 0 Å². The number of benzene rings is 4. The second-order valence-corrected chi connectivity index (χ2v) is 10.2. The molecule has 0 unspecified atom stereocenters. The monoisotopic (exact) mass is 536 g/mol. The SMILES string of the molecule is CC[C@@H](C)NC(=O)[C@@H](Cc1ccccc1)N(Cc1ccc(F)cc1)C(=O)CC(c1ccccc1)c1ccccc1. The zero-order valence-corrected chi connectivity index (χ0v) is 23.2. The number of carbonyl (C=O) groups excluding carboxylic acids is 2. The number of hydrogen-bond donors (Lipinski definition) is 1. The molecule has 4 aromatic carbocycles. The molecule has 1 N–H and O–H groups in total. The van der Waals surface area contributed by atoms with Crippen molar-refractivity contribution in [3.8, 4) is 0 Å². The summed E-state index contributed by atoms with van der Waals surface area (Å²) in [5, 5.41) is 3.10. The molecule has 2 amide bonds. The summed E-state index contributed by atoms with van der Waals surface area (Å²) in [6, 6.07) is 35.1. The second kappa shape index (κ2) is 14.2. The largest absolute Gasteiger partial charge is 0.352 e. The summed E-state index contributed by atoms with van der Waals surface area (Å²) in [5.74, 6) is -0.849. The van der Waals surface area contributed by atoms with Crippen molar-refractivity contribution < 1.29 is 14.0 Å². The van der Waals surface area contributed by atoms with E-state index in [0.29, 0.717) is 6.42 Å². The van der Waals surface area contributed by atoms with Crippen molar-refractivity contribution in [2.24, 2.45) is 0 Å². The summed E-state index contributed by atoms with van der Waals surface area (Å²) in [7, 11) is 0. The molecule has 0 aliphatic heterocycles. The first-order chi connectivity index (χ1) is 19.4. The third-order valence-electron chi connectivity index (χ3n) is 7.32. The molecule has 0 fully saturated rings. The molecule has 0 radical (unpaired) electrons. The zero-order valence-electron chi connectivity index (χ0n) is 23.2. The highest BCUT2D eigenvalue weighted by molar-refractivity contribution is 5.88. The minimum atomic E-state index is -0.735. The Balaban J connectivity index is 1.73. The molecule has 4 rings (SSSR count). The maximum atomic E-state index is 14.3. The van der Waals surface area contributed by atoms with Crippen molar-refractivity contribution in [2.45, 2.75) is 57.7 Å². The van der Waals surface area contributed by atoms with Gasteiger partial charge in [-0.1, -0.05) is 110 Å². The van der Waals surface area contributed by atoms with Crippen molar-refractivity contribution in [3.63, 3.8) is 0 Å². The van der Waals surface area contributed by atoms with Gasteiger partial charge in [-0.2, -0.15) is 0 Å². The quantitative estimate of drug-likeness (QED) is 0.214. The molecule has 2 atom stereocenters. The van der Waals surface area contributed by atoms with Crippen molar-refractivity contribution >= 4 is 11.8 Å². The Morgan fingerprint density at radius 1 is 0.750 bits per heavy atom. The molecule has 0 bridgehead atoms. The number of amides is 2. The van der Waals surface area contributed by atoms with Crippen LogP contribution in [-0.4, -0.2) is 28.8 Å². The summed E-state index contributed by atoms with van der Waals surface area (Å²) in [6.07, 6.45) is 1.34. The van der Waals surface area contributed by atoms with E-state index in [1.165, 1.54) is 12.1 Å². The number of nitrogens with zero attached hydrogens (tertiary/aromatic N) is 1. The number of rotatable bonds is 12. The van der Waals surface area contributed by atoms with Gasteiger partial charge in [0.1, 0.15) is 11.9 Å². The van der Waals surface area contributed by atoms with E-state index >= 15 is 0 Å². The molecular weight excluding hydrogens is 499 g/mol. The van der Waals surface area contributed by atoms with Crippen LogP contribution in [0.5, 0.6) is 0 Å². The fourth-order valence-electron chi connectivity index (χ4n) is 4.87. The van der Waals surface area contributed by atoms with Crippen LogP contribution in [0.1, 0.15) is 54.9 Å². The Morgan fingerprint density at radius 3 is 1.80 bits per heavy atom. The average Bonchev–Trinajstić information content (AvgIpc) is 2.99. The van der Waals surface area contributed by atoms with E-state index in [-0.39, 0.29) is 42.6 Å². The van der Waals surface area contributed by atoms with Crippen LogP contribution in [0.4, 0.5) is 4.39 Å². The maximum absolute atomic E-state index is 14.3. The van der Waals surface area contributed by atoms with E-state index in [1.54, 1.807) is 17.0 Å². The van der Waals surface area contributed by atoms with Crippen molar-refractivity contribution in [1.82, 2.24) is 10.2 Å². The number of carbonyl (C=O) groups is 2. The topological polar surface area (TPSA) is 49.4 Å². The van der Waals surface area contributed by atoms with Gasteiger partial charge >= 0.3 is 0 Å². The zero-order chi connectivity index (χ0) is 28.3. The van der Waals surface area contributed by atoms with Gasteiger partial charge in [-0.3, -0.25) is 9.59 Å². The van der Waals surface area contributed by atoms with Crippen LogP contribution >= 0.6 is 0 Å². The third kappa shape index (κ3) is 7.89. The molecule has 0 spiro atoms. The lowest BCUT2D eigenvalue weighted by Gasteiger charge is -2.33. The first-order valence-corrected chi connectivity index (χ1v) is 13.9. The van der Waals surface area contributed by atoms with E-state index in [4.69, 9.17) is 0 Å². The third-order valence-corrected chi connectivity index (χ3v) is 7.32. The highest BCUT2D eigenvalue weighted by atomic mass is 19.1. The van der Waals surface area contributed by atoms with E-state index in [0.717, 1.165) is 28.7 Å². The maximum Gasteiger partial charge on any atom is 0.243 e.